The van der Waals surface area contributed by atoms with E-state index in [2.05, 4.69) is 6.92 Å². The molecule has 0 N–H and O–H groups in total. The minimum Gasteiger partial charge on any atom is -0.493 e. The number of ether oxygens (including phenoxy) is 2. The summed E-state index contributed by atoms with van der Waals surface area (Å²) in [6, 6.07) is 5.44. The normalized spacial score (nSPS) is 10.1. The molecule has 1 rings (SSSR count). The molecule has 17 heavy (non-hydrogen) atoms. The van der Waals surface area contributed by atoms with Gasteiger partial charge in [0.1, 0.15) is 11.5 Å². The molecule has 94 valence electrons. The van der Waals surface area contributed by atoms with Gasteiger partial charge >= 0.3 is 5.97 Å². The molecule has 0 aliphatic heterocycles. The predicted octanol–water partition coefficient (Wildman–Crippen LogP) is 3.49. The molecule has 0 amide bonds. The SMILES string of the molecule is CCCCCOc1cc(OC(C)=O)ccc1C. The first-order chi connectivity index (χ1) is 8.13. The molecule has 0 spiro atoms. The molecule has 0 unspecified atom stereocenters. The van der Waals surface area contributed by atoms with Crippen LogP contribution in [0.15, 0.2) is 18.2 Å². The Bertz CT molecular complexity index is 372. The highest BCUT2D eigenvalue weighted by molar-refractivity contribution is 5.69. The van der Waals surface area contributed by atoms with E-state index in [0.717, 1.165) is 17.7 Å². The van der Waals surface area contributed by atoms with Gasteiger partial charge in [0, 0.05) is 13.0 Å². The number of aryl methyl sites for hydroxylation is 1. The molecule has 0 bridgehead atoms. The van der Waals surface area contributed by atoms with Crippen LogP contribution >= 0.6 is 0 Å². The van der Waals surface area contributed by atoms with E-state index in [1.807, 2.05) is 13.0 Å². The molecular formula is C14H20O3. The smallest absolute Gasteiger partial charge is 0.308 e. The number of esters is 1. The third-order valence-electron chi connectivity index (χ3n) is 2.43. The van der Waals surface area contributed by atoms with Gasteiger partial charge in [-0.3, -0.25) is 4.79 Å². The first-order valence-corrected chi connectivity index (χ1v) is 6.05. The van der Waals surface area contributed by atoms with Gasteiger partial charge in [-0.25, -0.2) is 0 Å². The summed E-state index contributed by atoms with van der Waals surface area (Å²) in [5, 5.41) is 0. The molecule has 0 saturated carbocycles. The summed E-state index contributed by atoms with van der Waals surface area (Å²) < 4.78 is 10.7. The van der Waals surface area contributed by atoms with Gasteiger partial charge in [0.25, 0.3) is 0 Å². The Hall–Kier alpha value is -1.51. The molecule has 0 aromatic heterocycles. The highest BCUT2D eigenvalue weighted by atomic mass is 16.5. The fourth-order valence-electron chi connectivity index (χ4n) is 1.50. The minimum atomic E-state index is -0.314. The van der Waals surface area contributed by atoms with Gasteiger partial charge < -0.3 is 9.47 Å². The molecule has 1 aromatic carbocycles. The Balaban J connectivity index is 2.59. The van der Waals surface area contributed by atoms with E-state index in [9.17, 15) is 4.79 Å². The molecule has 0 radical (unpaired) electrons. The van der Waals surface area contributed by atoms with Crippen LogP contribution in [0.2, 0.25) is 0 Å². The van der Waals surface area contributed by atoms with Crippen molar-refractivity contribution in [2.75, 3.05) is 6.61 Å². The zero-order valence-corrected chi connectivity index (χ0v) is 10.8. The average molecular weight is 236 g/mol. The summed E-state index contributed by atoms with van der Waals surface area (Å²) in [6.45, 7) is 6.24. The van der Waals surface area contributed by atoms with Crippen LogP contribution < -0.4 is 9.47 Å². The maximum Gasteiger partial charge on any atom is 0.308 e. The topological polar surface area (TPSA) is 35.5 Å². The van der Waals surface area contributed by atoms with Gasteiger partial charge in [0.15, 0.2) is 0 Å². The Labute approximate surface area is 103 Å². The summed E-state index contributed by atoms with van der Waals surface area (Å²) in [6.07, 6.45) is 3.40. The zero-order valence-electron chi connectivity index (χ0n) is 10.8. The molecule has 0 saturated heterocycles. The van der Waals surface area contributed by atoms with Gasteiger partial charge in [0.05, 0.1) is 6.61 Å². The summed E-state index contributed by atoms with van der Waals surface area (Å²) in [4.78, 5) is 10.8. The number of rotatable bonds is 6. The lowest BCUT2D eigenvalue weighted by Crippen LogP contribution is -2.03. The first-order valence-electron chi connectivity index (χ1n) is 6.05. The van der Waals surface area contributed by atoms with E-state index in [-0.39, 0.29) is 5.97 Å². The third kappa shape index (κ3) is 4.89. The number of unbranched alkanes of at least 4 members (excludes halogenated alkanes) is 2. The molecular weight excluding hydrogens is 216 g/mol. The fourth-order valence-corrected chi connectivity index (χ4v) is 1.50. The van der Waals surface area contributed by atoms with Crippen molar-refractivity contribution in [2.45, 2.75) is 40.0 Å². The monoisotopic (exact) mass is 236 g/mol. The Kier molecular flexibility index (Phi) is 5.53. The molecule has 0 heterocycles. The van der Waals surface area contributed by atoms with E-state index in [4.69, 9.17) is 9.47 Å². The second-order valence-electron chi connectivity index (χ2n) is 4.08. The van der Waals surface area contributed by atoms with Crippen LogP contribution in [-0.4, -0.2) is 12.6 Å². The van der Waals surface area contributed by atoms with E-state index in [1.54, 1.807) is 12.1 Å². The highest BCUT2D eigenvalue weighted by Crippen LogP contribution is 2.24. The highest BCUT2D eigenvalue weighted by Gasteiger charge is 2.04. The van der Waals surface area contributed by atoms with Crippen LogP contribution in [0.1, 0.15) is 38.7 Å². The molecule has 0 aliphatic rings. The van der Waals surface area contributed by atoms with Gasteiger partial charge in [-0.2, -0.15) is 0 Å². The first kappa shape index (κ1) is 13.6. The summed E-state index contributed by atoms with van der Waals surface area (Å²) >= 11 is 0. The maximum atomic E-state index is 10.8. The summed E-state index contributed by atoms with van der Waals surface area (Å²) in [7, 11) is 0. The predicted molar refractivity (Wildman–Crippen MR) is 67.5 cm³/mol. The number of hydrogen-bond donors (Lipinski definition) is 0. The second kappa shape index (κ2) is 6.94. The van der Waals surface area contributed by atoms with E-state index < -0.39 is 0 Å². The van der Waals surface area contributed by atoms with E-state index in [0.29, 0.717) is 12.4 Å². The number of hydrogen-bond acceptors (Lipinski definition) is 3. The molecule has 3 nitrogen and oxygen atoms in total. The van der Waals surface area contributed by atoms with Crippen molar-refractivity contribution in [2.24, 2.45) is 0 Å². The van der Waals surface area contributed by atoms with Crippen LogP contribution in [0, 0.1) is 6.92 Å². The van der Waals surface area contributed by atoms with Gasteiger partial charge in [-0.1, -0.05) is 25.8 Å². The van der Waals surface area contributed by atoms with Gasteiger partial charge in [-0.15, -0.1) is 0 Å². The van der Waals surface area contributed by atoms with Crippen molar-refractivity contribution in [3.05, 3.63) is 23.8 Å². The Morgan fingerprint density at radius 1 is 1.29 bits per heavy atom. The standard InChI is InChI=1S/C14H20O3/c1-4-5-6-9-16-14-10-13(17-12(3)15)8-7-11(14)2/h7-8,10H,4-6,9H2,1-3H3. The molecule has 0 atom stereocenters. The second-order valence-corrected chi connectivity index (χ2v) is 4.08. The van der Waals surface area contributed by atoms with Crippen LogP contribution in [0.5, 0.6) is 11.5 Å². The minimum absolute atomic E-state index is 0.314. The van der Waals surface area contributed by atoms with Crippen molar-refractivity contribution in [1.29, 1.82) is 0 Å². The van der Waals surface area contributed by atoms with Crippen molar-refractivity contribution in [1.82, 2.24) is 0 Å². The largest absolute Gasteiger partial charge is 0.493 e. The summed E-state index contributed by atoms with van der Waals surface area (Å²) in [5.74, 6) is 1.01. The van der Waals surface area contributed by atoms with Crippen molar-refractivity contribution in [3.8, 4) is 11.5 Å². The van der Waals surface area contributed by atoms with Crippen LogP contribution in [0.3, 0.4) is 0 Å². The van der Waals surface area contributed by atoms with Crippen LogP contribution in [0.4, 0.5) is 0 Å². The number of carbonyl (C=O) groups excluding carboxylic acids is 1. The Morgan fingerprint density at radius 3 is 2.71 bits per heavy atom. The van der Waals surface area contributed by atoms with E-state index >= 15 is 0 Å². The molecule has 0 aliphatic carbocycles. The van der Waals surface area contributed by atoms with Crippen molar-refractivity contribution < 1.29 is 14.3 Å². The number of carbonyl (C=O) groups is 1. The Morgan fingerprint density at radius 2 is 2.06 bits per heavy atom. The van der Waals surface area contributed by atoms with Gasteiger partial charge in [0.2, 0.25) is 0 Å². The molecule has 3 heteroatoms. The lowest BCUT2D eigenvalue weighted by molar-refractivity contribution is -0.131. The van der Waals surface area contributed by atoms with Crippen molar-refractivity contribution in [3.63, 3.8) is 0 Å². The quantitative estimate of drug-likeness (QED) is 0.431. The third-order valence-corrected chi connectivity index (χ3v) is 2.43. The van der Waals surface area contributed by atoms with Crippen molar-refractivity contribution >= 4 is 5.97 Å². The van der Waals surface area contributed by atoms with Crippen LogP contribution in [-0.2, 0) is 4.79 Å². The molecule has 1 aromatic rings. The fraction of sp³-hybridized carbons (Fsp3) is 0.500. The maximum absolute atomic E-state index is 10.8. The van der Waals surface area contributed by atoms with E-state index in [1.165, 1.54) is 19.8 Å². The zero-order chi connectivity index (χ0) is 12.7. The molecule has 0 fully saturated rings. The van der Waals surface area contributed by atoms with Gasteiger partial charge in [-0.05, 0) is 25.0 Å². The number of benzene rings is 1. The lowest BCUT2D eigenvalue weighted by Gasteiger charge is -2.10. The average Bonchev–Trinajstić information content (AvgIpc) is 2.28. The lowest BCUT2D eigenvalue weighted by atomic mass is 10.2. The summed E-state index contributed by atoms with van der Waals surface area (Å²) in [5.41, 5.74) is 1.05. The van der Waals surface area contributed by atoms with Crippen LogP contribution in [0.25, 0.3) is 0 Å².